The Bertz CT molecular complexity index is 368. The molecule has 1 saturated heterocycles. The number of carboxylic acid groups (broad SMARTS) is 1. The average molecular weight is 284 g/mol. The fourth-order valence-electron chi connectivity index (χ4n) is 3.13. The summed E-state index contributed by atoms with van der Waals surface area (Å²) in [7, 11) is 0. The van der Waals surface area contributed by atoms with Gasteiger partial charge in [0.1, 0.15) is 0 Å². The van der Waals surface area contributed by atoms with Gasteiger partial charge in [0.05, 0.1) is 18.1 Å². The van der Waals surface area contributed by atoms with Crippen molar-refractivity contribution in [2.24, 2.45) is 5.92 Å². The maximum atomic E-state index is 11.9. The first kappa shape index (κ1) is 15.1. The van der Waals surface area contributed by atoms with E-state index in [-0.39, 0.29) is 18.6 Å². The average Bonchev–Trinajstić information content (AvgIpc) is 2.80. The Balaban J connectivity index is 1.76. The lowest BCUT2D eigenvalue weighted by Gasteiger charge is -2.41. The SMILES string of the molecule is CCC1OCCC1CNC(=O)NC1(CC(=O)O)CCC1. The summed E-state index contributed by atoms with van der Waals surface area (Å²) in [5, 5.41) is 14.6. The molecule has 0 aromatic rings. The first-order chi connectivity index (χ1) is 9.54. The highest BCUT2D eigenvalue weighted by molar-refractivity contribution is 5.77. The Kier molecular flexibility index (Phi) is 4.86. The van der Waals surface area contributed by atoms with Gasteiger partial charge >= 0.3 is 12.0 Å². The molecule has 1 aliphatic heterocycles. The van der Waals surface area contributed by atoms with Crippen LogP contribution in [-0.2, 0) is 9.53 Å². The molecule has 6 heteroatoms. The number of carbonyl (C=O) groups is 2. The third-order valence-corrected chi connectivity index (χ3v) is 4.45. The van der Waals surface area contributed by atoms with Gasteiger partial charge in [0, 0.05) is 19.1 Å². The molecule has 2 rings (SSSR count). The summed E-state index contributed by atoms with van der Waals surface area (Å²) in [5.41, 5.74) is -0.535. The second kappa shape index (κ2) is 6.43. The van der Waals surface area contributed by atoms with Crippen LogP contribution < -0.4 is 10.6 Å². The van der Waals surface area contributed by atoms with E-state index < -0.39 is 11.5 Å². The van der Waals surface area contributed by atoms with Crippen LogP contribution in [0.15, 0.2) is 0 Å². The Labute approximate surface area is 119 Å². The van der Waals surface area contributed by atoms with Gasteiger partial charge in [-0.2, -0.15) is 0 Å². The Morgan fingerprint density at radius 1 is 1.40 bits per heavy atom. The highest BCUT2D eigenvalue weighted by Crippen LogP contribution is 2.34. The van der Waals surface area contributed by atoms with E-state index >= 15 is 0 Å². The van der Waals surface area contributed by atoms with Crippen LogP contribution >= 0.6 is 0 Å². The molecule has 2 atom stereocenters. The van der Waals surface area contributed by atoms with Crippen LogP contribution in [0.3, 0.4) is 0 Å². The number of rotatable bonds is 6. The van der Waals surface area contributed by atoms with Crippen molar-refractivity contribution >= 4 is 12.0 Å². The topological polar surface area (TPSA) is 87.7 Å². The summed E-state index contributed by atoms with van der Waals surface area (Å²) in [5.74, 6) is -0.497. The number of carbonyl (C=O) groups excluding carboxylic acids is 1. The van der Waals surface area contributed by atoms with Crippen molar-refractivity contribution in [2.45, 2.75) is 57.1 Å². The number of urea groups is 1. The first-order valence-corrected chi connectivity index (χ1v) is 7.44. The molecule has 2 amide bonds. The normalized spacial score (nSPS) is 27.6. The monoisotopic (exact) mass is 284 g/mol. The number of carboxylic acids is 1. The van der Waals surface area contributed by atoms with E-state index in [0.717, 1.165) is 38.7 Å². The van der Waals surface area contributed by atoms with Gasteiger partial charge in [-0.3, -0.25) is 4.79 Å². The van der Waals surface area contributed by atoms with E-state index in [2.05, 4.69) is 17.6 Å². The summed E-state index contributed by atoms with van der Waals surface area (Å²) in [6.45, 7) is 3.43. The van der Waals surface area contributed by atoms with Crippen LogP contribution in [0.25, 0.3) is 0 Å². The summed E-state index contributed by atoms with van der Waals surface area (Å²) in [4.78, 5) is 22.8. The molecule has 2 unspecified atom stereocenters. The minimum absolute atomic E-state index is 0.00451. The van der Waals surface area contributed by atoms with Crippen LogP contribution in [0.2, 0.25) is 0 Å². The van der Waals surface area contributed by atoms with Crippen molar-refractivity contribution in [1.29, 1.82) is 0 Å². The fourth-order valence-corrected chi connectivity index (χ4v) is 3.13. The van der Waals surface area contributed by atoms with E-state index in [9.17, 15) is 9.59 Å². The molecule has 1 aliphatic carbocycles. The number of ether oxygens (including phenoxy) is 1. The molecule has 2 fully saturated rings. The lowest BCUT2D eigenvalue weighted by Crippen LogP contribution is -2.57. The predicted molar refractivity (Wildman–Crippen MR) is 73.5 cm³/mol. The standard InChI is InChI=1S/C14H24N2O4/c1-2-11-10(4-7-20-11)9-15-13(19)16-14(5-3-6-14)8-12(17)18/h10-11H,2-9H2,1H3,(H,17,18)(H2,15,16,19). The van der Waals surface area contributed by atoms with E-state index in [1.807, 2.05) is 0 Å². The molecule has 1 saturated carbocycles. The number of hydrogen-bond donors (Lipinski definition) is 3. The zero-order chi connectivity index (χ0) is 14.6. The van der Waals surface area contributed by atoms with Crippen molar-refractivity contribution in [2.75, 3.05) is 13.2 Å². The number of nitrogens with one attached hydrogen (secondary N) is 2. The number of hydrogen-bond acceptors (Lipinski definition) is 3. The molecule has 3 N–H and O–H groups in total. The van der Waals surface area contributed by atoms with E-state index in [0.29, 0.717) is 12.5 Å². The molecule has 0 aromatic carbocycles. The molecule has 0 radical (unpaired) electrons. The van der Waals surface area contributed by atoms with Gasteiger partial charge in [0.25, 0.3) is 0 Å². The van der Waals surface area contributed by atoms with E-state index in [1.165, 1.54) is 0 Å². The molecule has 0 bridgehead atoms. The van der Waals surface area contributed by atoms with Crippen molar-refractivity contribution in [1.82, 2.24) is 10.6 Å². The molecule has 6 nitrogen and oxygen atoms in total. The Hall–Kier alpha value is -1.30. The molecular weight excluding hydrogens is 260 g/mol. The van der Waals surface area contributed by atoms with Gasteiger partial charge in [0.15, 0.2) is 0 Å². The summed E-state index contributed by atoms with van der Waals surface area (Å²) < 4.78 is 5.58. The molecule has 0 spiro atoms. The highest BCUT2D eigenvalue weighted by Gasteiger charge is 2.40. The number of aliphatic carboxylic acids is 1. The van der Waals surface area contributed by atoms with Gasteiger partial charge in [-0.15, -0.1) is 0 Å². The van der Waals surface area contributed by atoms with Gasteiger partial charge in [-0.05, 0) is 32.1 Å². The minimum atomic E-state index is -0.861. The van der Waals surface area contributed by atoms with Gasteiger partial charge < -0.3 is 20.5 Å². The van der Waals surface area contributed by atoms with Crippen molar-refractivity contribution < 1.29 is 19.4 Å². The molecular formula is C14H24N2O4. The van der Waals surface area contributed by atoms with Crippen molar-refractivity contribution in [3.05, 3.63) is 0 Å². The highest BCUT2D eigenvalue weighted by atomic mass is 16.5. The summed E-state index contributed by atoms with van der Waals surface area (Å²) in [6, 6.07) is -0.257. The lowest BCUT2D eigenvalue weighted by molar-refractivity contribution is -0.139. The first-order valence-electron chi connectivity index (χ1n) is 7.44. The molecule has 0 aromatic heterocycles. The summed E-state index contributed by atoms with van der Waals surface area (Å²) >= 11 is 0. The van der Waals surface area contributed by atoms with Crippen LogP contribution in [0.1, 0.15) is 45.4 Å². The van der Waals surface area contributed by atoms with Crippen LogP contribution in [0, 0.1) is 5.92 Å². The smallest absolute Gasteiger partial charge is 0.315 e. The molecule has 20 heavy (non-hydrogen) atoms. The minimum Gasteiger partial charge on any atom is -0.481 e. The fraction of sp³-hybridized carbons (Fsp3) is 0.857. The molecule has 1 heterocycles. The lowest BCUT2D eigenvalue weighted by atomic mass is 9.74. The maximum absolute atomic E-state index is 11.9. The van der Waals surface area contributed by atoms with Crippen molar-refractivity contribution in [3.63, 3.8) is 0 Å². The van der Waals surface area contributed by atoms with Crippen molar-refractivity contribution in [3.8, 4) is 0 Å². The quantitative estimate of drug-likeness (QED) is 0.689. The Morgan fingerprint density at radius 3 is 2.70 bits per heavy atom. The zero-order valence-electron chi connectivity index (χ0n) is 12.0. The van der Waals surface area contributed by atoms with Crippen LogP contribution in [0.4, 0.5) is 4.79 Å². The van der Waals surface area contributed by atoms with Gasteiger partial charge in [-0.25, -0.2) is 4.79 Å². The summed E-state index contributed by atoms with van der Waals surface area (Å²) in [6.07, 6.45) is 4.63. The molecule has 2 aliphatic rings. The third-order valence-electron chi connectivity index (χ3n) is 4.45. The van der Waals surface area contributed by atoms with Gasteiger partial charge in [-0.1, -0.05) is 6.92 Å². The maximum Gasteiger partial charge on any atom is 0.315 e. The molecule has 114 valence electrons. The Morgan fingerprint density at radius 2 is 2.15 bits per heavy atom. The van der Waals surface area contributed by atoms with Gasteiger partial charge in [0.2, 0.25) is 0 Å². The number of amides is 2. The second-order valence-electron chi connectivity index (χ2n) is 5.91. The second-order valence-corrected chi connectivity index (χ2v) is 5.91. The van der Waals surface area contributed by atoms with Crippen LogP contribution in [0.5, 0.6) is 0 Å². The van der Waals surface area contributed by atoms with E-state index in [1.54, 1.807) is 0 Å². The predicted octanol–water partition coefficient (Wildman–Crippen LogP) is 1.50. The van der Waals surface area contributed by atoms with E-state index in [4.69, 9.17) is 9.84 Å². The third kappa shape index (κ3) is 3.62. The van der Waals surface area contributed by atoms with Crippen LogP contribution in [-0.4, -0.2) is 41.9 Å². The largest absolute Gasteiger partial charge is 0.481 e. The zero-order valence-corrected chi connectivity index (χ0v) is 12.0.